The third kappa shape index (κ3) is 4.51. The average molecular weight is 433 g/mol. The molecule has 31 heavy (non-hydrogen) atoms. The molecule has 0 spiro atoms. The highest BCUT2D eigenvalue weighted by Gasteiger charge is 2.32. The average Bonchev–Trinajstić information content (AvgIpc) is 3.43. The minimum atomic E-state index is -4.43. The summed E-state index contributed by atoms with van der Waals surface area (Å²) in [5.41, 5.74) is 0.556. The fraction of sp³-hybridized carbons (Fsp3) is 0.364. The van der Waals surface area contributed by atoms with Gasteiger partial charge in [0.25, 0.3) is 0 Å². The molecule has 1 atom stereocenters. The Hall–Kier alpha value is -3.07. The monoisotopic (exact) mass is 433 g/mol. The lowest BCUT2D eigenvalue weighted by Gasteiger charge is -2.25. The van der Waals surface area contributed by atoms with Gasteiger partial charge >= 0.3 is 6.18 Å². The van der Waals surface area contributed by atoms with Crippen molar-refractivity contribution in [3.63, 3.8) is 0 Å². The molecule has 0 saturated carbocycles. The number of likely N-dealkylation sites (tertiary alicyclic amines) is 1. The highest BCUT2D eigenvalue weighted by Crippen LogP contribution is 2.39. The van der Waals surface area contributed by atoms with E-state index in [9.17, 15) is 13.2 Å². The Labute approximate surface area is 177 Å². The summed E-state index contributed by atoms with van der Waals surface area (Å²) in [6.07, 6.45) is -2.49. The Morgan fingerprint density at radius 1 is 1.13 bits per heavy atom. The third-order valence-electron chi connectivity index (χ3n) is 5.42. The Morgan fingerprint density at radius 3 is 2.71 bits per heavy atom. The van der Waals surface area contributed by atoms with Crippen LogP contribution in [0.3, 0.4) is 0 Å². The summed E-state index contributed by atoms with van der Waals surface area (Å²) in [4.78, 5) is 6.53. The number of halogens is 3. The summed E-state index contributed by atoms with van der Waals surface area (Å²) in [5, 5.41) is 3.88. The van der Waals surface area contributed by atoms with Gasteiger partial charge in [-0.2, -0.15) is 18.2 Å². The fourth-order valence-corrected chi connectivity index (χ4v) is 3.91. The zero-order chi connectivity index (χ0) is 22.0. The maximum Gasteiger partial charge on any atom is 0.416 e. The van der Waals surface area contributed by atoms with Crippen LogP contribution >= 0.6 is 0 Å². The van der Waals surface area contributed by atoms with Gasteiger partial charge in [-0.05, 0) is 37.6 Å². The minimum Gasteiger partial charge on any atom is -0.497 e. The number of benzene rings is 2. The van der Waals surface area contributed by atoms with Crippen LogP contribution in [0.2, 0.25) is 0 Å². The van der Waals surface area contributed by atoms with Crippen LogP contribution in [0.25, 0.3) is 11.4 Å². The number of hydrogen-bond acceptors (Lipinski definition) is 6. The van der Waals surface area contributed by atoms with Gasteiger partial charge in [0, 0.05) is 23.2 Å². The molecule has 0 bridgehead atoms. The lowest BCUT2D eigenvalue weighted by Crippen LogP contribution is -2.23. The molecule has 9 heteroatoms. The van der Waals surface area contributed by atoms with E-state index in [1.54, 1.807) is 14.2 Å². The molecular formula is C22H22F3N3O3. The van der Waals surface area contributed by atoms with Crippen LogP contribution < -0.4 is 9.47 Å². The largest absolute Gasteiger partial charge is 0.497 e. The summed E-state index contributed by atoms with van der Waals surface area (Å²) >= 11 is 0. The van der Waals surface area contributed by atoms with Crippen LogP contribution in [0.1, 0.15) is 35.9 Å². The van der Waals surface area contributed by atoms with Crippen molar-refractivity contribution in [2.45, 2.75) is 31.6 Å². The maximum atomic E-state index is 13.0. The number of nitrogens with zero attached hydrogens (tertiary/aromatic N) is 3. The second-order valence-electron chi connectivity index (χ2n) is 7.33. The molecule has 1 aromatic heterocycles. The van der Waals surface area contributed by atoms with Crippen LogP contribution in [-0.4, -0.2) is 35.8 Å². The third-order valence-corrected chi connectivity index (χ3v) is 5.42. The Balaban J connectivity index is 1.53. The van der Waals surface area contributed by atoms with E-state index in [0.717, 1.165) is 42.8 Å². The van der Waals surface area contributed by atoms with Crippen molar-refractivity contribution in [2.24, 2.45) is 0 Å². The van der Waals surface area contributed by atoms with Crippen molar-refractivity contribution in [3.05, 3.63) is 59.5 Å². The summed E-state index contributed by atoms with van der Waals surface area (Å²) < 4.78 is 55.1. The standard InChI is InChI=1S/C22H22F3N3O3/c1-29-16-8-9-17(19(12-16)30-2)18-7-4-10-28(18)13-20-26-21(27-31-20)14-5-3-6-15(11-14)22(23,24)25/h3,5-6,8-9,11-12,18H,4,7,10,13H2,1-2H3/t18-/m0/s1. The number of aromatic nitrogens is 2. The molecule has 1 saturated heterocycles. The zero-order valence-electron chi connectivity index (χ0n) is 17.1. The number of rotatable bonds is 6. The Kier molecular flexibility index (Phi) is 5.86. The lowest BCUT2D eigenvalue weighted by atomic mass is 10.0. The number of alkyl halides is 3. The Bertz CT molecular complexity index is 1050. The van der Waals surface area contributed by atoms with Crippen LogP contribution in [0.15, 0.2) is 47.0 Å². The molecule has 1 aliphatic rings. The summed E-state index contributed by atoms with van der Waals surface area (Å²) in [5.74, 6) is 1.95. The van der Waals surface area contributed by atoms with Crippen molar-refractivity contribution in [1.82, 2.24) is 15.0 Å². The molecule has 2 aromatic carbocycles. The van der Waals surface area contributed by atoms with Gasteiger partial charge < -0.3 is 14.0 Å². The smallest absolute Gasteiger partial charge is 0.416 e. The van der Waals surface area contributed by atoms with E-state index >= 15 is 0 Å². The normalized spacial score (nSPS) is 17.1. The predicted molar refractivity (Wildman–Crippen MR) is 107 cm³/mol. The first-order valence-corrected chi connectivity index (χ1v) is 9.85. The second-order valence-corrected chi connectivity index (χ2v) is 7.33. The van der Waals surface area contributed by atoms with Crippen molar-refractivity contribution < 1.29 is 27.2 Å². The molecule has 0 unspecified atom stereocenters. The highest BCUT2D eigenvalue weighted by molar-refractivity contribution is 5.55. The van der Waals surface area contributed by atoms with E-state index in [1.165, 1.54) is 12.1 Å². The van der Waals surface area contributed by atoms with E-state index in [1.807, 2.05) is 18.2 Å². The lowest BCUT2D eigenvalue weighted by molar-refractivity contribution is -0.137. The molecule has 0 aliphatic carbocycles. The van der Waals surface area contributed by atoms with Gasteiger partial charge in [-0.1, -0.05) is 23.4 Å². The first kappa shape index (κ1) is 21.2. The molecular weight excluding hydrogens is 411 g/mol. The summed E-state index contributed by atoms with van der Waals surface area (Å²) in [7, 11) is 3.23. The number of hydrogen-bond donors (Lipinski definition) is 0. The molecule has 4 rings (SSSR count). The van der Waals surface area contributed by atoms with Gasteiger partial charge in [0.15, 0.2) is 0 Å². The van der Waals surface area contributed by atoms with Crippen LogP contribution in [0.5, 0.6) is 11.5 Å². The van der Waals surface area contributed by atoms with E-state index in [0.29, 0.717) is 18.2 Å². The van der Waals surface area contributed by atoms with Gasteiger partial charge in [-0.25, -0.2) is 0 Å². The number of ether oxygens (including phenoxy) is 2. The highest BCUT2D eigenvalue weighted by atomic mass is 19.4. The maximum absolute atomic E-state index is 13.0. The molecule has 0 radical (unpaired) electrons. The quantitative estimate of drug-likeness (QED) is 0.539. The molecule has 1 aliphatic heterocycles. The van der Waals surface area contributed by atoms with Gasteiger partial charge in [0.1, 0.15) is 11.5 Å². The van der Waals surface area contributed by atoms with Crippen LogP contribution in [0.4, 0.5) is 13.2 Å². The van der Waals surface area contributed by atoms with Crippen molar-refractivity contribution in [2.75, 3.05) is 20.8 Å². The van der Waals surface area contributed by atoms with Crippen LogP contribution in [0, 0.1) is 0 Å². The van der Waals surface area contributed by atoms with Crippen molar-refractivity contribution >= 4 is 0 Å². The number of methoxy groups -OCH3 is 2. The predicted octanol–water partition coefficient (Wildman–Crippen LogP) is 5.11. The topological polar surface area (TPSA) is 60.6 Å². The molecule has 1 fully saturated rings. The minimum absolute atomic E-state index is 0.102. The molecule has 6 nitrogen and oxygen atoms in total. The SMILES string of the molecule is COc1ccc([C@@H]2CCCN2Cc2nc(-c3cccc(C(F)(F)F)c3)no2)c(OC)c1. The molecule has 0 amide bonds. The summed E-state index contributed by atoms with van der Waals surface area (Å²) in [6.45, 7) is 1.23. The first-order chi connectivity index (χ1) is 14.9. The van der Waals surface area contributed by atoms with Gasteiger partial charge in [-0.3, -0.25) is 4.90 Å². The van der Waals surface area contributed by atoms with Gasteiger partial charge in [0.05, 0.1) is 26.3 Å². The van der Waals surface area contributed by atoms with Crippen molar-refractivity contribution in [1.29, 1.82) is 0 Å². The molecule has 2 heterocycles. The fourth-order valence-electron chi connectivity index (χ4n) is 3.91. The first-order valence-electron chi connectivity index (χ1n) is 9.85. The molecule has 164 valence electrons. The van der Waals surface area contributed by atoms with E-state index < -0.39 is 11.7 Å². The zero-order valence-corrected chi connectivity index (χ0v) is 17.1. The van der Waals surface area contributed by atoms with E-state index in [2.05, 4.69) is 15.0 Å². The van der Waals surface area contributed by atoms with E-state index in [4.69, 9.17) is 14.0 Å². The molecule has 0 N–H and O–H groups in total. The molecule has 3 aromatic rings. The van der Waals surface area contributed by atoms with Gasteiger partial charge in [-0.15, -0.1) is 0 Å². The van der Waals surface area contributed by atoms with Crippen LogP contribution in [-0.2, 0) is 12.7 Å². The second kappa shape index (κ2) is 8.58. The Morgan fingerprint density at radius 2 is 1.97 bits per heavy atom. The van der Waals surface area contributed by atoms with Gasteiger partial charge in [0.2, 0.25) is 11.7 Å². The summed E-state index contributed by atoms with van der Waals surface area (Å²) in [6, 6.07) is 10.7. The van der Waals surface area contributed by atoms with Crippen molar-refractivity contribution in [3.8, 4) is 22.9 Å². The van der Waals surface area contributed by atoms with E-state index in [-0.39, 0.29) is 17.4 Å².